The molecule has 0 saturated carbocycles. The van der Waals surface area contributed by atoms with Gasteiger partial charge < -0.3 is 4.90 Å². The Morgan fingerprint density at radius 2 is 2.05 bits per heavy atom. The lowest BCUT2D eigenvalue weighted by molar-refractivity contribution is 0.621. The van der Waals surface area contributed by atoms with Crippen molar-refractivity contribution in [2.24, 2.45) is 7.05 Å². The zero-order chi connectivity index (χ0) is 15.0. The van der Waals surface area contributed by atoms with Crippen LogP contribution in [0.3, 0.4) is 0 Å². The minimum absolute atomic E-state index is 0.285. The van der Waals surface area contributed by atoms with E-state index in [1.54, 1.807) is 48.1 Å². The summed E-state index contributed by atoms with van der Waals surface area (Å²) in [4.78, 5) is 10.4. The summed E-state index contributed by atoms with van der Waals surface area (Å²) in [5, 5.41) is 5.16. The first-order valence-electron chi connectivity index (χ1n) is 6.36. The lowest BCUT2D eigenvalue weighted by Gasteiger charge is -2.19. The number of aryl methyl sites for hydroxylation is 1. The van der Waals surface area contributed by atoms with Crippen LogP contribution in [0.5, 0.6) is 0 Å². The van der Waals surface area contributed by atoms with E-state index >= 15 is 0 Å². The van der Waals surface area contributed by atoms with Gasteiger partial charge in [0.1, 0.15) is 11.0 Å². The fraction of sp³-hybridized carbons (Fsp3) is 0.214. The van der Waals surface area contributed by atoms with Crippen LogP contribution >= 0.6 is 11.6 Å². The molecule has 0 spiro atoms. The molecule has 0 amide bonds. The van der Waals surface area contributed by atoms with Crippen LogP contribution in [-0.2, 0) is 13.6 Å². The van der Waals surface area contributed by atoms with Crippen molar-refractivity contribution in [3.05, 3.63) is 47.3 Å². The van der Waals surface area contributed by atoms with Crippen LogP contribution in [0.2, 0.25) is 5.15 Å². The highest BCUT2D eigenvalue weighted by Gasteiger charge is 2.13. The van der Waals surface area contributed by atoms with E-state index in [0.717, 1.165) is 0 Å². The zero-order valence-electron chi connectivity index (χ0n) is 11.6. The van der Waals surface area contributed by atoms with Crippen molar-refractivity contribution in [1.29, 1.82) is 0 Å². The first kappa shape index (κ1) is 13.8. The van der Waals surface area contributed by atoms with E-state index in [0.29, 0.717) is 34.2 Å². The van der Waals surface area contributed by atoms with E-state index < -0.39 is 0 Å². The molecule has 0 unspecified atom stereocenters. The maximum atomic E-state index is 13.8. The summed E-state index contributed by atoms with van der Waals surface area (Å²) in [6.07, 6.45) is 1.63. The van der Waals surface area contributed by atoms with Crippen molar-refractivity contribution in [1.82, 2.24) is 19.7 Å². The SMILES string of the molecule is CN(Cc1nc(Cl)c2cnn(C)c2n1)c1ccccc1F. The first-order chi connectivity index (χ1) is 10.1. The quantitative estimate of drug-likeness (QED) is 0.698. The van der Waals surface area contributed by atoms with Crippen LogP contribution in [0.25, 0.3) is 11.0 Å². The molecule has 2 heterocycles. The van der Waals surface area contributed by atoms with E-state index in [9.17, 15) is 4.39 Å². The van der Waals surface area contributed by atoms with Gasteiger partial charge >= 0.3 is 0 Å². The van der Waals surface area contributed by atoms with E-state index in [2.05, 4.69) is 15.1 Å². The third-order valence-corrected chi connectivity index (χ3v) is 3.52. The van der Waals surface area contributed by atoms with Crippen LogP contribution in [0.4, 0.5) is 10.1 Å². The predicted octanol–water partition coefficient (Wildman–Crippen LogP) is 2.79. The zero-order valence-corrected chi connectivity index (χ0v) is 12.3. The lowest BCUT2D eigenvalue weighted by Crippen LogP contribution is -2.19. The molecule has 0 radical (unpaired) electrons. The lowest BCUT2D eigenvalue weighted by atomic mass is 10.3. The number of rotatable bonds is 3. The molecule has 7 heteroatoms. The number of aromatic nitrogens is 4. The smallest absolute Gasteiger partial charge is 0.162 e. The fourth-order valence-electron chi connectivity index (χ4n) is 2.16. The maximum absolute atomic E-state index is 13.8. The van der Waals surface area contributed by atoms with Gasteiger partial charge in [-0.2, -0.15) is 5.10 Å². The minimum atomic E-state index is -0.285. The first-order valence-corrected chi connectivity index (χ1v) is 6.74. The van der Waals surface area contributed by atoms with E-state index in [-0.39, 0.29) is 5.82 Å². The Kier molecular flexibility index (Phi) is 3.47. The molecule has 5 nitrogen and oxygen atoms in total. The summed E-state index contributed by atoms with van der Waals surface area (Å²) in [6, 6.07) is 6.57. The molecule has 21 heavy (non-hydrogen) atoms. The number of fused-ring (bicyclic) bond motifs is 1. The highest BCUT2D eigenvalue weighted by molar-refractivity contribution is 6.33. The van der Waals surface area contributed by atoms with Crippen LogP contribution in [-0.4, -0.2) is 26.8 Å². The second-order valence-corrected chi connectivity index (χ2v) is 5.10. The maximum Gasteiger partial charge on any atom is 0.162 e. The van der Waals surface area contributed by atoms with Crippen molar-refractivity contribution in [3.8, 4) is 0 Å². The number of para-hydroxylation sites is 1. The Hall–Kier alpha value is -2.21. The summed E-state index contributed by atoms with van der Waals surface area (Å²) >= 11 is 6.14. The van der Waals surface area contributed by atoms with Gasteiger partial charge in [-0.15, -0.1) is 0 Å². The summed E-state index contributed by atoms with van der Waals surface area (Å²) in [6.45, 7) is 0.349. The second-order valence-electron chi connectivity index (χ2n) is 4.74. The molecule has 0 N–H and O–H groups in total. The molecule has 0 aliphatic carbocycles. The van der Waals surface area contributed by atoms with Gasteiger partial charge in [-0.3, -0.25) is 4.68 Å². The third kappa shape index (κ3) is 2.54. The van der Waals surface area contributed by atoms with Crippen molar-refractivity contribution >= 4 is 28.3 Å². The van der Waals surface area contributed by atoms with E-state index in [1.807, 2.05) is 0 Å². The Morgan fingerprint density at radius 3 is 2.81 bits per heavy atom. The number of anilines is 1. The molecule has 0 fully saturated rings. The number of hydrogen-bond acceptors (Lipinski definition) is 4. The number of hydrogen-bond donors (Lipinski definition) is 0. The molecule has 108 valence electrons. The largest absolute Gasteiger partial charge is 0.365 e. The van der Waals surface area contributed by atoms with Crippen LogP contribution in [0.15, 0.2) is 30.5 Å². The van der Waals surface area contributed by atoms with Gasteiger partial charge in [0.25, 0.3) is 0 Å². The van der Waals surface area contributed by atoms with Gasteiger partial charge in [0.2, 0.25) is 0 Å². The topological polar surface area (TPSA) is 46.8 Å². The van der Waals surface area contributed by atoms with Gasteiger partial charge in [-0.05, 0) is 12.1 Å². The van der Waals surface area contributed by atoms with Crippen molar-refractivity contribution in [2.75, 3.05) is 11.9 Å². The highest BCUT2D eigenvalue weighted by Crippen LogP contribution is 2.22. The average molecular weight is 306 g/mol. The molecule has 0 saturated heterocycles. The minimum Gasteiger partial charge on any atom is -0.365 e. The molecule has 1 aromatic carbocycles. The molecule has 0 atom stereocenters. The van der Waals surface area contributed by atoms with Crippen molar-refractivity contribution in [2.45, 2.75) is 6.54 Å². The second kappa shape index (κ2) is 5.29. The summed E-state index contributed by atoms with van der Waals surface area (Å²) in [5.41, 5.74) is 1.15. The summed E-state index contributed by atoms with van der Waals surface area (Å²) in [7, 11) is 3.57. The number of halogens is 2. The van der Waals surface area contributed by atoms with Gasteiger partial charge in [-0.1, -0.05) is 23.7 Å². The Labute approximate surface area is 126 Å². The molecular weight excluding hydrogens is 293 g/mol. The van der Waals surface area contributed by atoms with Gasteiger partial charge in [0.05, 0.1) is 23.8 Å². The summed E-state index contributed by atoms with van der Waals surface area (Å²) < 4.78 is 15.4. The molecule has 0 aliphatic heterocycles. The molecule has 3 aromatic rings. The molecule has 3 rings (SSSR count). The van der Waals surface area contributed by atoms with Gasteiger partial charge in [0.15, 0.2) is 11.5 Å². The number of benzene rings is 1. The fourth-order valence-corrected chi connectivity index (χ4v) is 2.39. The molecule has 0 aliphatic rings. The van der Waals surface area contributed by atoms with E-state index in [1.165, 1.54) is 6.07 Å². The van der Waals surface area contributed by atoms with Crippen LogP contribution in [0, 0.1) is 5.82 Å². The van der Waals surface area contributed by atoms with Gasteiger partial charge in [-0.25, -0.2) is 14.4 Å². The van der Waals surface area contributed by atoms with Crippen LogP contribution < -0.4 is 4.90 Å². The number of nitrogens with zero attached hydrogens (tertiary/aromatic N) is 5. The predicted molar refractivity (Wildman–Crippen MR) is 79.8 cm³/mol. The van der Waals surface area contributed by atoms with E-state index in [4.69, 9.17) is 11.6 Å². The molecular formula is C14H13ClFN5. The van der Waals surface area contributed by atoms with Crippen molar-refractivity contribution < 1.29 is 4.39 Å². The normalized spacial score (nSPS) is 11.0. The Bertz CT molecular complexity index is 801. The third-order valence-electron chi connectivity index (χ3n) is 3.23. The summed E-state index contributed by atoms with van der Waals surface area (Å²) in [5.74, 6) is 0.231. The van der Waals surface area contributed by atoms with Crippen molar-refractivity contribution in [3.63, 3.8) is 0 Å². The van der Waals surface area contributed by atoms with Gasteiger partial charge in [0, 0.05) is 14.1 Å². The van der Waals surface area contributed by atoms with Crippen LogP contribution in [0.1, 0.15) is 5.82 Å². The Balaban J connectivity index is 1.94. The molecule has 0 bridgehead atoms. The average Bonchev–Trinajstić information content (AvgIpc) is 2.81. The Morgan fingerprint density at radius 1 is 1.29 bits per heavy atom. The highest BCUT2D eigenvalue weighted by atomic mass is 35.5. The monoisotopic (exact) mass is 305 g/mol. The standard InChI is InChI=1S/C14H13ClFN5/c1-20(11-6-4-3-5-10(11)16)8-12-18-13(15)9-7-17-21(2)14(9)19-12/h3-7H,8H2,1-2H3. The molecule has 2 aromatic heterocycles.